The minimum atomic E-state index is -0.0632. The third-order valence-electron chi connectivity index (χ3n) is 5.34. The lowest BCUT2D eigenvalue weighted by Gasteiger charge is -2.27. The van der Waals surface area contributed by atoms with Gasteiger partial charge in [0.1, 0.15) is 5.82 Å². The van der Waals surface area contributed by atoms with Crippen LogP contribution in [-0.2, 0) is 16.6 Å². The van der Waals surface area contributed by atoms with Gasteiger partial charge in [-0.05, 0) is 32.6 Å². The Hall–Kier alpha value is -2.11. The van der Waals surface area contributed by atoms with Gasteiger partial charge in [0.05, 0.1) is 6.04 Å². The van der Waals surface area contributed by atoms with Gasteiger partial charge in [-0.15, -0.1) is 0 Å². The predicted octanol–water partition coefficient (Wildman–Crippen LogP) is 2.34. The normalized spacial score (nSPS) is 23.7. The first kappa shape index (κ1) is 17.7. The Balaban J connectivity index is 1.63. The number of amides is 2. The van der Waals surface area contributed by atoms with Crippen molar-refractivity contribution in [2.75, 3.05) is 13.1 Å². The second-order valence-electron chi connectivity index (χ2n) is 7.07. The zero-order valence-corrected chi connectivity index (χ0v) is 15.2. The Morgan fingerprint density at radius 1 is 1.40 bits per heavy atom. The zero-order chi connectivity index (χ0) is 17.8. The summed E-state index contributed by atoms with van der Waals surface area (Å²) in [6.45, 7) is 3.17. The Bertz CT molecular complexity index is 664. The highest BCUT2D eigenvalue weighted by molar-refractivity contribution is 5.80. The van der Waals surface area contributed by atoms with Crippen molar-refractivity contribution in [3.05, 3.63) is 29.9 Å². The molecule has 6 nitrogen and oxygen atoms in total. The second-order valence-corrected chi connectivity index (χ2v) is 7.07. The lowest BCUT2D eigenvalue weighted by atomic mass is 9.96. The number of hydrogen-bond donors (Lipinski definition) is 1. The highest BCUT2D eigenvalue weighted by Crippen LogP contribution is 2.36. The first-order chi connectivity index (χ1) is 12.1. The number of nitrogens with zero attached hydrogens (tertiary/aromatic N) is 3. The molecule has 1 aliphatic carbocycles. The quantitative estimate of drug-likeness (QED) is 0.806. The third-order valence-corrected chi connectivity index (χ3v) is 5.34. The lowest BCUT2D eigenvalue weighted by Crippen LogP contribution is -2.35. The Morgan fingerprint density at radius 3 is 2.88 bits per heavy atom. The molecule has 0 spiro atoms. The van der Waals surface area contributed by atoms with Gasteiger partial charge in [0, 0.05) is 51.3 Å². The highest BCUT2D eigenvalue weighted by Gasteiger charge is 2.41. The lowest BCUT2D eigenvalue weighted by molar-refractivity contribution is -0.129. The first-order valence-corrected chi connectivity index (χ1v) is 9.31. The summed E-state index contributed by atoms with van der Waals surface area (Å²) >= 11 is 0. The number of allylic oxidation sites excluding steroid dienone is 1. The molecule has 6 heteroatoms. The number of rotatable bonds is 6. The van der Waals surface area contributed by atoms with Crippen molar-refractivity contribution in [1.82, 2.24) is 19.8 Å². The summed E-state index contributed by atoms with van der Waals surface area (Å²) in [6, 6.07) is -0.0632. The molecule has 1 aliphatic heterocycles. The molecule has 1 aromatic rings. The molecule has 2 amide bonds. The summed E-state index contributed by atoms with van der Waals surface area (Å²) in [4.78, 5) is 31.0. The average molecular weight is 344 g/mol. The number of nitrogens with one attached hydrogen (secondary N) is 1. The van der Waals surface area contributed by atoms with E-state index < -0.39 is 0 Å². The molecular formula is C19H28N4O2. The fraction of sp³-hybridized carbons (Fsp3) is 0.632. The van der Waals surface area contributed by atoms with Crippen molar-refractivity contribution in [1.29, 1.82) is 0 Å². The van der Waals surface area contributed by atoms with E-state index in [1.54, 1.807) is 6.20 Å². The van der Waals surface area contributed by atoms with Crippen molar-refractivity contribution >= 4 is 11.8 Å². The van der Waals surface area contributed by atoms with Gasteiger partial charge in [-0.3, -0.25) is 9.59 Å². The molecule has 2 heterocycles. The minimum Gasteiger partial charge on any atom is -0.355 e. The van der Waals surface area contributed by atoms with Crippen LogP contribution in [0.15, 0.2) is 24.0 Å². The molecule has 1 aromatic heterocycles. The van der Waals surface area contributed by atoms with Crippen LogP contribution in [0.25, 0.3) is 0 Å². The highest BCUT2D eigenvalue weighted by atomic mass is 16.2. The molecule has 0 saturated carbocycles. The van der Waals surface area contributed by atoms with Crippen LogP contribution in [0, 0.1) is 5.92 Å². The maximum Gasteiger partial charge on any atom is 0.224 e. The summed E-state index contributed by atoms with van der Waals surface area (Å²) in [5.74, 6) is 1.17. The third kappa shape index (κ3) is 3.94. The molecule has 0 aromatic carbocycles. The molecule has 3 rings (SSSR count). The molecule has 25 heavy (non-hydrogen) atoms. The van der Waals surface area contributed by atoms with E-state index in [4.69, 9.17) is 0 Å². The van der Waals surface area contributed by atoms with Crippen LogP contribution < -0.4 is 5.32 Å². The number of aromatic nitrogens is 2. The number of aryl methyl sites for hydroxylation is 1. The summed E-state index contributed by atoms with van der Waals surface area (Å²) in [5, 5.41) is 3.05. The summed E-state index contributed by atoms with van der Waals surface area (Å²) in [5.41, 5.74) is 1.25. The number of likely N-dealkylation sites (tertiary alicyclic amines) is 1. The van der Waals surface area contributed by atoms with Crippen LogP contribution in [0.4, 0.5) is 0 Å². The van der Waals surface area contributed by atoms with Crippen molar-refractivity contribution in [2.24, 2.45) is 13.0 Å². The van der Waals surface area contributed by atoms with Gasteiger partial charge in [0.15, 0.2) is 0 Å². The average Bonchev–Trinajstić information content (AvgIpc) is 3.16. The Labute approximate surface area is 149 Å². The largest absolute Gasteiger partial charge is 0.355 e. The molecule has 1 fully saturated rings. The molecule has 136 valence electrons. The van der Waals surface area contributed by atoms with E-state index >= 15 is 0 Å². The molecule has 0 radical (unpaired) electrons. The predicted molar refractivity (Wildman–Crippen MR) is 95.6 cm³/mol. The van der Waals surface area contributed by atoms with Crippen LogP contribution in [0.1, 0.15) is 57.3 Å². The van der Waals surface area contributed by atoms with Crippen LogP contribution in [-0.4, -0.2) is 39.4 Å². The minimum absolute atomic E-state index is 0.0632. The van der Waals surface area contributed by atoms with E-state index in [-0.39, 0.29) is 23.8 Å². The molecule has 2 aliphatic rings. The van der Waals surface area contributed by atoms with Gasteiger partial charge in [-0.2, -0.15) is 0 Å². The van der Waals surface area contributed by atoms with E-state index in [9.17, 15) is 9.59 Å². The number of hydrogen-bond acceptors (Lipinski definition) is 3. The summed E-state index contributed by atoms with van der Waals surface area (Å²) in [7, 11) is 1.95. The monoisotopic (exact) mass is 344 g/mol. The van der Waals surface area contributed by atoms with Crippen molar-refractivity contribution in [3.63, 3.8) is 0 Å². The van der Waals surface area contributed by atoms with Gasteiger partial charge in [0.2, 0.25) is 11.8 Å². The topological polar surface area (TPSA) is 67.2 Å². The SMILES string of the molecule is CCN1C(=O)C[C@@H](CNC(=O)CC2=CCCCC2)[C@@H]1c1nccn1C. The Kier molecular flexibility index (Phi) is 5.56. The maximum atomic E-state index is 12.4. The molecule has 2 atom stereocenters. The van der Waals surface area contributed by atoms with Gasteiger partial charge in [0.25, 0.3) is 0 Å². The molecule has 1 saturated heterocycles. The first-order valence-electron chi connectivity index (χ1n) is 9.31. The van der Waals surface area contributed by atoms with Crippen LogP contribution in [0.3, 0.4) is 0 Å². The van der Waals surface area contributed by atoms with Crippen LogP contribution >= 0.6 is 0 Å². The van der Waals surface area contributed by atoms with E-state index in [1.165, 1.54) is 18.4 Å². The van der Waals surface area contributed by atoms with Gasteiger partial charge >= 0.3 is 0 Å². The van der Waals surface area contributed by atoms with Gasteiger partial charge in [-0.25, -0.2) is 4.98 Å². The number of carbonyl (C=O) groups is 2. The smallest absolute Gasteiger partial charge is 0.224 e. The summed E-state index contributed by atoms with van der Waals surface area (Å²) in [6.07, 6.45) is 11.4. The van der Waals surface area contributed by atoms with Crippen molar-refractivity contribution in [3.8, 4) is 0 Å². The number of imidazole rings is 1. The number of carbonyl (C=O) groups excluding carboxylic acids is 2. The van der Waals surface area contributed by atoms with Gasteiger partial charge < -0.3 is 14.8 Å². The van der Waals surface area contributed by atoms with E-state index in [2.05, 4.69) is 16.4 Å². The summed E-state index contributed by atoms with van der Waals surface area (Å²) < 4.78 is 1.97. The van der Waals surface area contributed by atoms with E-state index in [0.717, 1.165) is 18.7 Å². The van der Waals surface area contributed by atoms with Crippen LogP contribution in [0.2, 0.25) is 0 Å². The second kappa shape index (κ2) is 7.85. The Morgan fingerprint density at radius 2 is 2.24 bits per heavy atom. The maximum absolute atomic E-state index is 12.4. The fourth-order valence-electron chi connectivity index (χ4n) is 4.01. The van der Waals surface area contributed by atoms with E-state index in [1.807, 2.05) is 29.6 Å². The van der Waals surface area contributed by atoms with Gasteiger partial charge in [-0.1, -0.05) is 11.6 Å². The fourth-order valence-corrected chi connectivity index (χ4v) is 4.01. The van der Waals surface area contributed by atoms with Crippen molar-refractivity contribution in [2.45, 2.75) is 51.5 Å². The van der Waals surface area contributed by atoms with Crippen LogP contribution in [0.5, 0.6) is 0 Å². The molecular weight excluding hydrogens is 316 g/mol. The van der Waals surface area contributed by atoms with Crippen molar-refractivity contribution < 1.29 is 9.59 Å². The molecule has 0 unspecified atom stereocenters. The zero-order valence-electron chi connectivity index (χ0n) is 15.2. The standard InChI is InChI=1S/C19H28N4O2/c1-3-23-17(25)12-15(18(23)19-20-9-10-22(19)2)13-21-16(24)11-14-7-5-4-6-8-14/h7,9-10,15,18H,3-6,8,11-13H2,1-2H3,(H,21,24)/t15-,18+/m0/s1. The molecule has 0 bridgehead atoms. The molecule has 1 N–H and O–H groups in total. The van der Waals surface area contributed by atoms with E-state index in [0.29, 0.717) is 25.9 Å².